The van der Waals surface area contributed by atoms with E-state index in [1.807, 2.05) is 19.1 Å². The quantitative estimate of drug-likeness (QED) is 0.610. The maximum absolute atomic E-state index is 11.7. The third-order valence-corrected chi connectivity index (χ3v) is 5.43. The minimum atomic E-state index is -0.529. The first kappa shape index (κ1) is 16.7. The van der Waals surface area contributed by atoms with Gasteiger partial charge in [0.1, 0.15) is 5.69 Å². The Bertz CT molecular complexity index is 658. The van der Waals surface area contributed by atoms with Gasteiger partial charge in [-0.2, -0.15) is 5.26 Å². The molecule has 1 saturated heterocycles. The van der Waals surface area contributed by atoms with E-state index in [1.54, 1.807) is 6.07 Å². The predicted molar refractivity (Wildman–Crippen MR) is 91.1 cm³/mol. The third kappa shape index (κ3) is 2.84. The van der Waals surface area contributed by atoms with Crippen molar-refractivity contribution in [3.05, 3.63) is 33.9 Å². The molecule has 1 aromatic carbocycles. The van der Waals surface area contributed by atoms with Gasteiger partial charge in [-0.1, -0.05) is 6.07 Å². The van der Waals surface area contributed by atoms with Gasteiger partial charge in [-0.25, -0.2) is 0 Å². The van der Waals surface area contributed by atoms with Crippen LogP contribution < -0.4 is 4.90 Å². The fourth-order valence-electron chi connectivity index (χ4n) is 3.83. The summed E-state index contributed by atoms with van der Waals surface area (Å²) in [5, 5.41) is 21.2. The Labute approximate surface area is 142 Å². The number of hydrogen-bond acceptors (Lipinski definition) is 5. The summed E-state index contributed by atoms with van der Waals surface area (Å²) in [4.78, 5) is 13.5. The highest BCUT2D eigenvalue weighted by Gasteiger charge is 2.40. The van der Waals surface area contributed by atoms with Crippen LogP contribution in [0.2, 0.25) is 0 Å². The van der Waals surface area contributed by atoms with Crippen LogP contribution in [-0.4, -0.2) is 30.7 Å². The van der Waals surface area contributed by atoms with Crippen LogP contribution >= 0.6 is 0 Å². The molecule has 6 heteroatoms. The molecule has 0 atom stereocenters. The van der Waals surface area contributed by atoms with Crippen molar-refractivity contribution in [1.82, 2.24) is 0 Å². The fourth-order valence-corrected chi connectivity index (χ4v) is 3.83. The molecule has 1 aliphatic heterocycles. The summed E-state index contributed by atoms with van der Waals surface area (Å²) >= 11 is 0. The van der Waals surface area contributed by atoms with Gasteiger partial charge in [0, 0.05) is 31.9 Å². The van der Waals surface area contributed by atoms with Crippen LogP contribution in [0.5, 0.6) is 0 Å². The molecule has 0 aromatic heterocycles. The number of nitrogens with zero attached hydrogens (tertiary/aromatic N) is 3. The van der Waals surface area contributed by atoms with Crippen molar-refractivity contribution in [2.45, 2.75) is 50.5 Å². The largest absolute Gasteiger partial charge is 0.381 e. The van der Waals surface area contributed by atoms with Crippen molar-refractivity contribution in [2.75, 3.05) is 24.7 Å². The maximum Gasteiger partial charge on any atom is 0.292 e. The summed E-state index contributed by atoms with van der Waals surface area (Å²) in [5.41, 5.74) is 1.03. The number of ether oxygens (including phenoxy) is 1. The van der Waals surface area contributed by atoms with Crippen molar-refractivity contribution in [2.24, 2.45) is 0 Å². The maximum atomic E-state index is 11.7. The van der Waals surface area contributed by atoms with E-state index in [0.717, 1.165) is 37.7 Å². The lowest BCUT2D eigenvalue weighted by Crippen LogP contribution is -2.40. The lowest BCUT2D eigenvalue weighted by molar-refractivity contribution is -0.384. The SMILES string of the molecule is CCN(c1ccc(C2(C#N)CCC2)cc1[N+](=O)[O-])C1CCOCC1. The van der Waals surface area contributed by atoms with Crippen LogP contribution in [0.3, 0.4) is 0 Å². The second-order valence-electron chi connectivity index (χ2n) is 6.64. The minimum Gasteiger partial charge on any atom is -0.381 e. The molecule has 1 heterocycles. The van der Waals surface area contributed by atoms with E-state index in [4.69, 9.17) is 4.74 Å². The van der Waals surface area contributed by atoms with Gasteiger partial charge >= 0.3 is 0 Å². The standard InChI is InChI=1S/C18H23N3O3/c1-2-20(15-6-10-24-11-7-15)16-5-4-14(12-17(16)21(22)23)18(13-19)8-3-9-18/h4-5,12,15H,2-3,6-11H2,1H3. The molecule has 1 saturated carbocycles. The van der Waals surface area contributed by atoms with E-state index in [1.165, 1.54) is 0 Å². The number of rotatable bonds is 5. The van der Waals surface area contributed by atoms with Crippen LogP contribution in [0.1, 0.15) is 44.6 Å². The molecule has 0 bridgehead atoms. The third-order valence-electron chi connectivity index (χ3n) is 5.43. The molecule has 6 nitrogen and oxygen atoms in total. The van der Waals surface area contributed by atoms with Gasteiger partial charge in [0.05, 0.1) is 16.4 Å². The molecule has 0 amide bonds. The lowest BCUT2D eigenvalue weighted by atomic mass is 9.65. The lowest BCUT2D eigenvalue weighted by Gasteiger charge is -2.37. The molecule has 0 spiro atoms. The smallest absolute Gasteiger partial charge is 0.292 e. The van der Waals surface area contributed by atoms with Crippen LogP contribution in [0.4, 0.5) is 11.4 Å². The molecular formula is C18H23N3O3. The number of nitro groups is 1. The highest BCUT2D eigenvalue weighted by Crippen LogP contribution is 2.45. The molecule has 1 aromatic rings. The zero-order chi connectivity index (χ0) is 17.2. The van der Waals surface area contributed by atoms with Gasteiger partial charge in [0.25, 0.3) is 5.69 Å². The van der Waals surface area contributed by atoms with Gasteiger partial charge in [0.2, 0.25) is 0 Å². The summed E-state index contributed by atoms with van der Waals surface area (Å²) in [6, 6.07) is 8.01. The Morgan fingerprint density at radius 1 is 1.42 bits per heavy atom. The Hall–Kier alpha value is -2.13. The van der Waals surface area contributed by atoms with E-state index in [2.05, 4.69) is 11.0 Å². The normalized spacial score (nSPS) is 20.0. The molecule has 128 valence electrons. The van der Waals surface area contributed by atoms with Gasteiger partial charge in [0.15, 0.2) is 0 Å². The molecule has 2 fully saturated rings. The van der Waals surface area contributed by atoms with Crippen molar-refractivity contribution < 1.29 is 9.66 Å². The van der Waals surface area contributed by atoms with E-state index in [0.29, 0.717) is 25.4 Å². The summed E-state index contributed by atoms with van der Waals surface area (Å²) in [6.07, 6.45) is 4.35. The summed E-state index contributed by atoms with van der Waals surface area (Å²) < 4.78 is 5.41. The first-order valence-corrected chi connectivity index (χ1v) is 8.66. The van der Waals surface area contributed by atoms with Crippen molar-refractivity contribution in [3.8, 4) is 6.07 Å². The van der Waals surface area contributed by atoms with Gasteiger partial charge in [-0.3, -0.25) is 10.1 Å². The predicted octanol–water partition coefficient (Wildman–Crippen LogP) is 3.55. The first-order valence-electron chi connectivity index (χ1n) is 8.66. The topological polar surface area (TPSA) is 79.4 Å². The fraction of sp³-hybridized carbons (Fsp3) is 0.611. The number of nitriles is 1. The molecule has 0 N–H and O–H groups in total. The molecule has 3 rings (SSSR count). The number of anilines is 1. The zero-order valence-corrected chi connectivity index (χ0v) is 14.0. The summed E-state index contributed by atoms with van der Waals surface area (Å²) in [7, 11) is 0. The molecule has 0 unspecified atom stereocenters. The monoisotopic (exact) mass is 329 g/mol. The average molecular weight is 329 g/mol. The van der Waals surface area contributed by atoms with Crippen molar-refractivity contribution >= 4 is 11.4 Å². The molecule has 1 aliphatic carbocycles. The van der Waals surface area contributed by atoms with Crippen LogP contribution in [0.25, 0.3) is 0 Å². The number of nitro benzene ring substituents is 1. The highest BCUT2D eigenvalue weighted by atomic mass is 16.6. The number of benzene rings is 1. The molecule has 24 heavy (non-hydrogen) atoms. The Kier molecular flexibility index (Phi) is 4.72. The minimum absolute atomic E-state index is 0.113. The average Bonchev–Trinajstić information content (AvgIpc) is 2.57. The van der Waals surface area contributed by atoms with Gasteiger partial charge < -0.3 is 9.64 Å². The summed E-state index contributed by atoms with van der Waals surface area (Å²) in [6.45, 7) is 4.14. The second kappa shape index (κ2) is 6.78. The summed E-state index contributed by atoms with van der Waals surface area (Å²) in [5.74, 6) is 0. The Balaban J connectivity index is 1.98. The first-order chi connectivity index (χ1) is 11.6. The van der Waals surface area contributed by atoms with E-state index < -0.39 is 5.41 Å². The van der Waals surface area contributed by atoms with E-state index in [9.17, 15) is 15.4 Å². The van der Waals surface area contributed by atoms with Gasteiger partial charge in [-0.05, 0) is 50.7 Å². The van der Waals surface area contributed by atoms with Crippen LogP contribution in [0.15, 0.2) is 18.2 Å². The molecule has 2 aliphatic rings. The van der Waals surface area contributed by atoms with E-state index in [-0.39, 0.29) is 16.7 Å². The van der Waals surface area contributed by atoms with Crippen molar-refractivity contribution in [3.63, 3.8) is 0 Å². The second-order valence-corrected chi connectivity index (χ2v) is 6.64. The Morgan fingerprint density at radius 3 is 2.62 bits per heavy atom. The van der Waals surface area contributed by atoms with Gasteiger partial charge in [-0.15, -0.1) is 0 Å². The zero-order valence-electron chi connectivity index (χ0n) is 14.0. The molecule has 0 radical (unpaired) electrons. The van der Waals surface area contributed by atoms with Crippen LogP contribution in [-0.2, 0) is 10.2 Å². The van der Waals surface area contributed by atoms with E-state index >= 15 is 0 Å². The van der Waals surface area contributed by atoms with Crippen LogP contribution in [0, 0.1) is 21.4 Å². The van der Waals surface area contributed by atoms with Crippen molar-refractivity contribution in [1.29, 1.82) is 5.26 Å². The molecular weight excluding hydrogens is 306 g/mol. The number of hydrogen-bond donors (Lipinski definition) is 0. The highest BCUT2D eigenvalue weighted by molar-refractivity contribution is 5.66. The Morgan fingerprint density at radius 2 is 2.12 bits per heavy atom.